The number of ether oxygens (including phenoxy) is 1. The van der Waals surface area contributed by atoms with E-state index in [0.29, 0.717) is 29.7 Å². The molecule has 0 amide bonds. The number of nitrogens with zero attached hydrogens (tertiary/aromatic N) is 3. The van der Waals surface area contributed by atoms with Crippen molar-refractivity contribution >= 4 is 10.9 Å². The van der Waals surface area contributed by atoms with Crippen molar-refractivity contribution in [2.75, 3.05) is 26.3 Å². The summed E-state index contributed by atoms with van der Waals surface area (Å²) < 4.78 is 8.75. The predicted octanol–water partition coefficient (Wildman–Crippen LogP) is 2.73. The minimum atomic E-state index is -0.116. The van der Waals surface area contributed by atoms with E-state index in [2.05, 4.69) is 22.1 Å². The van der Waals surface area contributed by atoms with E-state index in [1.54, 1.807) is 9.25 Å². The first kappa shape index (κ1) is 21.4. The van der Waals surface area contributed by atoms with Gasteiger partial charge in [0.25, 0.3) is 11.1 Å². The smallest absolute Gasteiger partial charge is 0.276 e. The van der Waals surface area contributed by atoms with E-state index >= 15 is 0 Å². The fourth-order valence-electron chi connectivity index (χ4n) is 4.57. The molecule has 170 valence electrons. The maximum Gasteiger partial charge on any atom is 0.276 e. The minimum absolute atomic E-state index is 0.110. The van der Waals surface area contributed by atoms with Gasteiger partial charge in [-0.2, -0.15) is 0 Å². The summed E-state index contributed by atoms with van der Waals surface area (Å²) in [6.45, 7) is 6.86. The van der Waals surface area contributed by atoms with Crippen LogP contribution in [0.15, 0.2) is 70.3 Å². The van der Waals surface area contributed by atoms with Gasteiger partial charge < -0.3 is 9.30 Å². The number of nitrogens with one attached hydrogen (secondary N) is 1. The quantitative estimate of drug-likeness (QED) is 0.496. The Labute approximate surface area is 191 Å². The van der Waals surface area contributed by atoms with E-state index < -0.39 is 0 Å². The number of hydrogen-bond acceptors (Lipinski definition) is 4. The van der Waals surface area contributed by atoms with Gasteiger partial charge in [0, 0.05) is 31.4 Å². The van der Waals surface area contributed by atoms with Gasteiger partial charge in [-0.25, -0.2) is 4.68 Å². The Bertz CT molecular complexity index is 1380. The molecular weight excluding hydrogens is 416 g/mol. The fourth-order valence-corrected chi connectivity index (χ4v) is 4.57. The van der Waals surface area contributed by atoms with E-state index in [0.717, 1.165) is 44.0 Å². The summed E-state index contributed by atoms with van der Waals surface area (Å²) in [5.41, 5.74) is 4.35. The summed E-state index contributed by atoms with van der Waals surface area (Å²) in [4.78, 5) is 28.6. The normalized spacial score (nSPS) is 14.7. The first-order valence-corrected chi connectivity index (χ1v) is 11.3. The minimum Gasteiger partial charge on any atom is -0.379 e. The van der Waals surface area contributed by atoms with Crippen LogP contribution in [0.4, 0.5) is 0 Å². The predicted molar refractivity (Wildman–Crippen MR) is 129 cm³/mol. The Kier molecular flexibility index (Phi) is 5.98. The third kappa shape index (κ3) is 4.42. The van der Waals surface area contributed by atoms with E-state index in [9.17, 15) is 9.59 Å². The van der Waals surface area contributed by atoms with Crippen molar-refractivity contribution in [2.45, 2.75) is 26.6 Å². The number of pyridine rings is 1. The van der Waals surface area contributed by atoms with Crippen LogP contribution in [0.25, 0.3) is 10.9 Å². The van der Waals surface area contributed by atoms with Gasteiger partial charge in [0.05, 0.1) is 37.2 Å². The van der Waals surface area contributed by atoms with Crippen molar-refractivity contribution in [2.24, 2.45) is 0 Å². The number of H-pyrrole nitrogens is 1. The molecule has 7 heteroatoms. The van der Waals surface area contributed by atoms with Gasteiger partial charge in [0.1, 0.15) is 0 Å². The highest BCUT2D eigenvalue weighted by molar-refractivity contribution is 5.80. The zero-order valence-electron chi connectivity index (χ0n) is 18.8. The lowest BCUT2D eigenvalue weighted by atomic mass is 10.1. The number of morpholine rings is 1. The number of fused-ring (bicyclic) bond motifs is 1. The molecule has 0 spiro atoms. The molecule has 0 saturated carbocycles. The number of benzene rings is 2. The van der Waals surface area contributed by atoms with Gasteiger partial charge in [0.15, 0.2) is 0 Å². The highest BCUT2D eigenvalue weighted by atomic mass is 16.5. The van der Waals surface area contributed by atoms with Crippen LogP contribution in [0.3, 0.4) is 0 Å². The first-order valence-electron chi connectivity index (χ1n) is 11.3. The van der Waals surface area contributed by atoms with Crippen LogP contribution in [0.5, 0.6) is 0 Å². The topological polar surface area (TPSA) is 72.3 Å². The summed E-state index contributed by atoms with van der Waals surface area (Å²) >= 11 is 0. The van der Waals surface area contributed by atoms with Crippen molar-refractivity contribution in [1.82, 2.24) is 19.2 Å². The van der Waals surface area contributed by atoms with Crippen LogP contribution < -0.4 is 11.1 Å². The van der Waals surface area contributed by atoms with Crippen LogP contribution in [0.1, 0.15) is 22.4 Å². The molecule has 0 aliphatic carbocycles. The molecule has 0 bridgehead atoms. The number of aromatic amines is 1. The molecule has 1 saturated heterocycles. The highest BCUT2D eigenvalue weighted by Crippen LogP contribution is 2.17. The van der Waals surface area contributed by atoms with Gasteiger partial charge in [-0.15, -0.1) is 0 Å². The van der Waals surface area contributed by atoms with Crippen LogP contribution >= 0.6 is 0 Å². The molecule has 0 radical (unpaired) electrons. The maximum absolute atomic E-state index is 13.2. The third-order valence-corrected chi connectivity index (χ3v) is 6.41. The Balaban J connectivity index is 1.49. The molecule has 1 aliphatic heterocycles. The molecule has 4 aromatic rings. The summed E-state index contributed by atoms with van der Waals surface area (Å²) in [6, 6.07) is 19.6. The Morgan fingerprint density at radius 3 is 2.27 bits per heavy atom. The molecule has 33 heavy (non-hydrogen) atoms. The fraction of sp³-hybridized carbons (Fsp3) is 0.308. The maximum atomic E-state index is 13.2. The summed E-state index contributed by atoms with van der Waals surface area (Å²) in [5, 5.41) is 3.69. The van der Waals surface area contributed by atoms with Crippen molar-refractivity contribution in [1.29, 1.82) is 0 Å². The lowest BCUT2D eigenvalue weighted by Crippen LogP contribution is -2.36. The molecule has 1 fully saturated rings. The molecule has 3 heterocycles. The second-order valence-corrected chi connectivity index (χ2v) is 8.59. The molecule has 1 aliphatic rings. The van der Waals surface area contributed by atoms with E-state index in [4.69, 9.17) is 4.74 Å². The van der Waals surface area contributed by atoms with Crippen molar-refractivity contribution in [3.8, 4) is 0 Å². The second-order valence-electron chi connectivity index (χ2n) is 8.59. The Morgan fingerprint density at radius 1 is 0.879 bits per heavy atom. The molecule has 5 rings (SSSR count). The number of aromatic nitrogens is 3. The molecule has 2 aromatic carbocycles. The Morgan fingerprint density at radius 2 is 1.55 bits per heavy atom. The van der Waals surface area contributed by atoms with Crippen molar-refractivity contribution in [3.05, 3.63) is 104 Å². The number of rotatable bonds is 6. The number of hydrogen-bond donors (Lipinski definition) is 1. The zero-order valence-corrected chi connectivity index (χ0v) is 18.8. The molecule has 0 atom stereocenters. The van der Waals surface area contributed by atoms with Gasteiger partial charge >= 0.3 is 0 Å². The van der Waals surface area contributed by atoms with Crippen LogP contribution in [-0.4, -0.2) is 45.6 Å². The standard InChI is InChI=1S/C26H28N4O3/c1-19-25-23(27-30(26(25)32)16-20-7-3-2-4-8-20)15-24(31)29(19)18-22-10-6-5-9-21(22)17-28-11-13-33-14-12-28/h2-10,15,27H,11-14,16-18H2,1H3. The van der Waals surface area contributed by atoms with Gasteiger partial charge in [-0.1, -0.05) is 54.6 Å². The van der Waals surface area contributed by atoms with Crippen LogP contribution in [0, 0.1) is 6.92 Å². The summed E-state index contributed by atoms with van der Waals surface area (Å²) in [5.74, 6) is 0. The lowest BCUT2D eigenvalue weighted by molar-refractivity contribution is 0.0340. The number of aryl methyl sites for hydroxylation is 1. The summed E-state index contributed by atoms with van der Waals surface area (Å²) in [6.07, 6.45) is 0. The van der Waals surface area contributed by atoms with Crippen molar-refractivity contribution in [3.63, 3.8) is 0 Å². The molecule has 7 nitrogen and oxygen atoms in total. The average molecular weight is 445 g/mol. The molecule has 0 unspecified atom stereocenters. The lowest BCUT2D eigenvalue weighted by Gasteiger charge is -2.27. The van der Waals surface area contributed by atoms with Crippen molar-refractivity contribution < 1.29 is 4.74 Å². The van der Waals surface area contributed by atoms with E-state index in [-0.39, 0.29) is 11.1 Å². The SMILES string of the molecule is Cc1c2c(=O)n(Cc3ccccc3)[nH]c2cc(=O)n1Cc1ccccc1CN1CCOCC1. The highest BCUT2D eigenvalue weighted by Gasteiger charge is 2.17. The van der Waals surface area contributed by atoms with Crippen LogP contribution in [-0.2, 0) is 24.4 Å². The Hall–Kier alpha value is -3.42. The van der Waals surface area contributed by atoms with Crippen LogP contribution in [0.2, 0.25) is 0 Å². The van der Waals surface area contributed by atoms with E-state index in [1.165, 1.54) is 11.6 Å². The largest absolute Gasteiger partial charge is 0.379 e. The van der Waals surface area contributed by atoms with Gasteiger partial charge in [-0.05, 0) is 23.6 Å². The first-order chi connectivity index (χ1) is 16.1. The molecular formula is C26H28N4O3. The van der Waals surface area contributed by atoms with Gasteiger partial charge in [-0.3, -0.25) is 19.6 Å². The monoisotopic (exact) mass is 444 g/mol. The second kappa shape index (κ2) is 9.21. The summed E-state index contributed by atoms with van der Waals surface area (Å²) in [7, 11) is 0. The zero-order chi connectivity index (χ0) is 22.8. The molecule has 2 aromatic heterocycles. The van der Waals surface area contributed by atoms with E-state index in [1.807, 2.05) is 49.4 Å². The molecule has 1 N–H and O–H groups in total. The average Bonchev–Trinajstić information content (AvgIpc) is 3.13. The van der Waals surface area contributed by atoms with Gasteiger partial charge in [0.2, 0.25) is 0 Å². The third-order valence-electron chi connectivity index (χ3n) is 6.41.